The summed E-state index contributed by atoms with van der Waals surface area (Å²) in [7, 11) is 0. The average molecular weight is 609 g/mol. The lowest BCUT2D eigenvalue weighted by molar-refractivity contribution is 0.122. The summed E-state index contributed by atoms with van der Waals surface area (Å²) in [5.74, 6) is 1.53. The van der Waals surface area contributed by atoms with Gasteiger partial charge in [-0.05, 0) is 66.6 Å². The van der Waals surface area contributed by atoms with Crippen LogP contribution in [0.1, 0.15) is 37.6 Å². The minimum absolute atomic E-state index is 0.169. The molecule has 6 heterocycles. The zero-order valence-electron chi connectivity index (χ0n) is 25.7. The number of ether oxygens (including phenoxy) is 1. The van der Waals surface area contributed by atoms with Crippen LogP contribution >= 0.6 is 0 Å². The highest BCUT2D eigenvalue weighted by atomic mass is 16.5. The molecule has 0 atom stereocenters. The fraction of sp³-hybridized carbons (Fsp3) is 0.364. The number of morpholine rings is 1. The molecule has 0 radical (unpaired) electrons. The highest BCUT2D eigenvalue weighted by Gasteiger charge is 2.32. The Kier molecular flexibility index (Phi) is 7.25. The number of aromatic nitrogens is 6. The average Bonchev–Trinajstić information content (AvgIpc) is 3.54. The molecule has 5 aromatic rings. The number of anilines is 3. The van der Waals surface area contributed by atoms with Crippen molar-refractivity contribution in [3.05, 3.63) is 92.6 Å². The summed E-state index contributed by atoms with van der Waals surface area (Å²) in [4.78, 5) is 33.8. The monoisotopic (exact) mass is 608 g/mol. The molecular weight excluding hydrogens is 572 g/mol. The molecule has 0 bridgehead atoms. The zero-order valence-corrected chi connectivity index (χ0v) is 25.7. The largest absolute Gasteiger partial charge is 0.392 e. The lowest BCUT2D eigenvalue weighted by atomic mass is 9.90. The molecular formula is C33H36N8O4. The van der Waals surface area contributed by atoms with Gasteiger partial charge in [0.2, 0.25) is 0 Å². The van der Waals surface area contributed by atoms with Gasteiger partial charge in [0, 0.05) is 61.2 Å². The van der Waals surface area contributed by atoms with Crippen molar-refractivity contribution in [2.45, 2.75) is 46.8 Å². The van der Waals surface area contributed by atoms with E-state index < -0.39 is 0 Å². The van der Waals surface area contributed by atoms with Gasteiger partial charge in [-0.25, -0.2) is 4.98 Å². The highest BCUT2D eigenvalue weighted by molar-refractivity contribution is 5.73. The van der Waals surface area contributed by atoms with E-state index in [2.05, 4.69) is 39.2 Å². The number of hydrogen-bond donors (Lipinski definition) is 2. The summed E-state index contributed by atoms with van der Waals surface area (Å²) in [5, 5.41) is 22.4. The molecule has 2 aliphatic rings. The number of rotatable bonds is 7. The van der Waals surface area contributed by atoms with Gasteiger partial charge < -0.3 is 29.0 Å². The van der Waals surface area contributed by atoms with E-state index in [9.17, 15) is 14.7 Å². The van der Waals surface area contributed by atoms with Gasteiger partial charge in [-0.1, -0.05) is 13.8 Å². The number of fused-ring (bicyclic) bond motifs is 3. The Morgan fingerprint density at radius 2 is 1.84 bits per heavy atom. The molecule has 0 aromatic carbocycles. The first-order chi connectivity index (χ1) is 21.8. The predicted octanol–water partition coefficient (Wildman–Crippen LogP) is 3.32. The lowest BCUT2D eigenvalue weighted by Crippen LogP contribution is -2.36. The third-order valence-corrected chi connectivity index (χ3v) is 8.76. The summed E-state index contributed by atoms with van der Waals surface area (Å²) in [5.41, 5.74) is 4.83. The molecule has 0 spiro atoms. The predicted molar refractivity (Wildman–Crippen MR) is 172 cm³/mol. The second-order valence-corrected chi connectivity index (χ2v) is 12.4. The molecule has 7 rings (SSSR count). The van der Waals surface area contributed by atoms with Gasteiger partial charge in [-0.15, -0.1) is 10.2 Å². The van der Waals surface area contributed by atoms with E-state index in [0.29, 0.717) is 59.3 Å². The van der Waals surface area contributed by atoms with Crippen molar-refractivity contribution in [2.75, 3.05) is 36.5 Å². The SMILES string of the molecule is CCn1cc(-c2ccnc(-n3ccn4c5c(cc4c3=O)CC(C)(C)C5)c2CO)cc(Nc2ccc(N3CCOCC3)nn2)c1=O. The van der Waals surface area contributed by atoms with Crippen LogP contribution in [0.4, 0.5) is 17.3 Å². The lowest BCUT2D eigenvalue weighted by Gasteiger charge is -2.27. The Hall–Kier alpha value is -4.81. The van der Waals surface area contributed by atoms with Gasteiger partial charge in [0.1, 0.15) is 17.0 Å². The van der Waals surface area contributed by atoms with E-state index in [1.54, 1.807) is 41.4 Å². The maximum absolute atomic E-state index is 13.8. The summed E-state index contributed by atoms with van der Waals surface area (Å²) in [6.45, 7) is 9.23. The Morgan fingerprint density at radius 3 is 2.58 bits per heavy atom. The number of nitrogens with one attached hydrogen (secondary N) is 1. The highest BCUT2D eigenvalue weighted by Crippen LogP contribution is 2.37. The molecule has 1 fully saturated rings. The number of hydrogen-bond acceptors (Lipinski definition) is 9. The van der Waals surface area contributed by atoms with Crippen LogP contribution in [0.5, 0.6) is 0 Å². The molecule has 232 valence electrons. The fourth-order valence-electron chi connectivity index (χ4n) is 6.54. The van der Waals surface area contributed by atoms with Crippen molar-refractivity contribution in [1.29, 1.82) is 0 Å². The van der Waals surface area contributed by atoms with Crippen molar-refractivity contribution in [2.24, 2.45) is 5.41 Å². The molecule has 45 heavy (non-hydrogen) atoms. The molecule has 0 unspecified atom stereocenters. The van der Waals surface area contributed by atoms with E-state index in [1.807, 2.05) is 29.7 Å². The van der Waals surface area contributed by atoms with Crippen LogP contribution in [-0.2, 0) is 30.7 Å². The van der Waals surface area contributed by atoms with Crippen molar-refractivity contribution in [3.8, 4) is 16.9 Å². The second-order valence-electron chi connectivity index (χ2n) is 12.4. The number of aliphatic hydroxyl groups is 1. The second kappa shape index (κ2) is 11.3. The molecule has 0 saturated carbocycles. The summed E-state index contributed by atoms with van der Waals surface area (Å²) >= 11 is 0. The maximum atomic E-state index is 13.8. The maximum Gasteiger partial charge on any atom is 0.280 e. The van der Waals surface area contributed by atoms with Gasteiger partial charge >= 0.3 is 0 Å². The van der Waals surface area contributed by atoms with Crippen LogP contribution in [0.3, 0.4) is 0 Å². The Balaban J connectivity index is 1.26. The third-order valence-electron chi connectivity index (χ3n) is 8.76. The minimum Gasteiger partial charge on any atom is -0.392 e. The van der Waals surface area contributed by atoms with Crippen molar-refractivity contribution in [1.82, 2.24) is 28.7 Å². The number of aliphatic hydroxyl groups excluding tert-OH is 1. The van der Waals surface area contributed by atoms with Gasteiger partial charge in [-0.3, -0.25) is 14.2 Å². The Morgan fingerprint density at radius 1 is 1.02 bits per heavy atom. The normalized spacial score (nSPS) is 15.9. The molecule has 0 amide bonds. The molecule has 1 aliphatic heterocycles. The molecule has 5 aromatic heterocycles. The molecule has 1 aliphatic carbocycles. The van der Waals surface area contributed by atoms with E-state index in [-0.39, 0.29) is 23.1 Å². The number of aryl methyl sites for hydroxylation is 1. The smallest absolute Gasteiger partial charge is 0.280 e. The van der Waals surface area contributed by atoms with Crippen molar-refractivity contribution < 1.29 is 9.84 Å². The van der Waals surface area contributed by atoms with Crippen LogP contribution in [0, 0.1) is 5.41 Å². The third kappa shape index (κ3) is 5.19. The van der Waals surface area contributed by atoms with E-state index in [1.165, 1.54) is 15.8 Å². The molecule has 2 N–H and O–H groups in total. The van der Waals surface area contributed by atoms with Crippen LogP contribution in [-0.4, -0.2) is 60.1 Å². The van der Waals surface area contributed by atoms with Gasteiger partial charge in [0.05, 0.1) is 19.8 Å². The summed E-state index contributed by atoms with van der Waals surface area (Å²) < 4.78 is 10.5. The van der Waals surface area contributed by atoms with Gasteiger partial charge in [0.25, 0.3) is 11.1 Å². The Labute approximate surface area is 259 Å². The topological polar surface area (TPSA) is 132 Å². The zero-order chi connectivity index (χ0) is 31.3. The van der Waals surface area contributed by atoms with Crippen LogP contribution in [0.25, 0.3) is 22.5 Å². The first-order valence-electron chi connectivity index (χ1n) is 15.3. The van der Waals surface area contributed by atoms with Crippen molar-refractivity contribution in [3.63, 3.8) is 0 Å². The van der Waals surface area contributed by atoms with E-state index >= 15 is 0 Å². The van der Waals surface area contributed by atoms with Crippen LogP contribution < -0.4 is 21.3 Å². The van der Waals surface area contributed by atoms with Crippen LogP contribution in [0.2, 0.25) is 0 Å². The molecule has 12 heteroatoms. The number of nitrogens with zero attached hydrogens (tertiary/aromatic N) is 7. The van der Waals surface area contributed by atoms with E-state index in [0.717, 1.165) is 31.7 Å². The van der Waals surface area contributed by atoms with Gasteiger partial charge in [-0.2, -0.15) is 0 Å². The summed E-state index contributed by atoms with van der Waals surface area (Å²) in [6, 6.07) is 9.17. The standard InChI is InChI=1S/C33H36N8O4/c1-4-38-19-22(15-25(31(38)43)35-28-5-6-29(37-36-28)39-11-13-45-14-12-39)23-7-8-34-30(24(23)20-42)41-10-9-40-26(32(41)44)16-21-17-33(2,3)18-27(21)40/h5-10,15-16,19,42H,4,11-14,17-18,20H2,1-3H3,(H,35,36). The quantitative estimate of drug-likeness (QED) is 0.286. The summed E-state index contributed by atoms with van der Waals surface area (Å²) in [6.07, 6.45) is 8.81. The Bertz CT molecular complexity index is 2020. The number of pyridine rings is 2. The van der Waals surface area contributed by atoms with E-state index in [4.69, 9.17) is 4.74 Å². The fourth-order valence-corrected chi connectivity index (χ4v) is 6.54. The minimum atomic E-state index is -0.357. The first kappa shape index (κ1) is 28.9. The molecule has 1 saturated heterocycles. The van der Waals surface area contributed by atoms with Gasteiger partial charge in [0.15, 0.2) is 11.6 Å². The van der Waals surface area contributed by atoms with Crippen molar-refractivity contribution >= 4 is 22.8 Å². The first-order valence-corrected chi connectivity index (χ1v) is 15.3. The molecule has 12 nitrogen and oxygen atoms in total. The van der Waals surface area contributed by atoms with Crippen LogP contribution in [0.15, 0.2) is 64.7 Å².